The number of nitrogens with zero attached hydrogens (tertiary/aromatic N) is 2. The zero-order valence-corrected chi connectivity index (χ0v) is 15.9. The molecule has 3 amide bonds. The Kier molecular flexibility index (Phi) is 5.70. The molecule has 1 aliphatic rings. The summed E-state index contributed by atoms with van der Waals surface area (Å²) in [6.45, 7) is 4.47. The minimum atomic E-state index is -0.532. The van der Waals surface area contributed by atoms with Crippen LogP contribution in [-0.2, 0) is 22.5 Å². The number of anilines is 2. The third-order valence-corrected chi connectivity index (χ3v) is 4.95. The Labute approximate surface area is 160 Å². The highest BCUT2D eigenvalue weighted by Crippen LogP contribution is 2.29. The van der Waals surface area contributed by atoms with E-state index < -0.39 is 6.09 Å². The molecule has 8 nitrogen and oxygen atoms in total. The number of carbonyl (C=O) groups excluding carboxylic acids is 3. The largest absolute Gasteiger partial charge is 0.450 e. The molecule has 0 fully saturated rings. The van der Waals surface area contributed by atoms with Gasteiger partial charge in [0.25, 0.3) is 5.91 Å². The van der Waals surface area contributed by atoms with E-state index in [1.54, 1.807) is 36.1 Å². The van der Waals surface area contributed by atoms with Crippen molar-refractivity contribution in [3.63, 3.8) is 0 Å². The number of hydrogen-bond acceptors (Lipinski definition) is 6. The number of fused-ring (bicyclic) bond motifs is 1. The van der Waals surface area contributed by atoms with Crippen LogP contribution in [0.25, 0.3) is 0 Å². The van der Waals surface area contributed by atoms with Crippen LogP contribution in [0.4, 0.5) is 15.6 Å². The number of hydrogen-bond donors (Lipinski definition) is 2. The van der Waals surface area contributed by atoms with Crippen molar-refractivity contribution >= 4 is 40.1 Å². The van der Waals surface area contributed by atoms with Crippen molar-refractivity contribution in [1.29, 1.82) is 0 Å². The van der Waals surface area contributed by atoms with E-state index in [-0.39, 0.29) is 11.8 Å². The summed E-state index contributed by atoms with van der Waals surface area (Å²) < 4.78 is 4.85. The predicted octanol–water partition coefficient (Wildman–Crippen LogP) is 2.87. The van der Waals surface area contributed by atoms with Gasteiger partial charge in [-0.25, -0.2) is 9.78 Å². The maximum Gasteiger partial charge on any atom is 0.413 e. The van der Waals surface area contributed by atoms with Gasteiger partial charge in [0.15, 0.2) is 5.13 Å². The molecule has 2 heterocycles. The van der Waals surface area contributed by atoms with Crippen LogP contribution in [0.3, 0.4) is 0 Å². The standard InChI is InChI=1S/C18H20N4O4S/c1-3-26-18(25)21-17-20-14-8-9-22(10-15(14)27-17)16(24)12-4-6-13(7-5-12)19-11(2)23/h4-7H,3,8-10H2,1-2H3,(H,19,23)(H,20,21,25). The Morgan fingerprint density at radius 1 is 1.22 bits per heavy atom. The molecule has 0 saturated heterocycles. The Hall–Kier alpha value is -2.94. The highest BCUT2D eigenvalue weighted by Gasteiger charge is 2.25. The first-order valence-electron chi connectivity index (χ1n) is 8.55. The predicted molar refractivity (Wildman–Crippen MR) is 102 cm³/mol. The van der Waals surface area contributed by atoms with Gasteiger partial charge in [-0.2, -0.15) is 0 Å². The molecule has 1 aliphatic heterocycles. The molecule has 1 aromatic carbocycles. The van der Waals surface area contributed by atoms with Crippen LogP contribution in [0.5, 0.6) is 0 Å². The third kappa shape index (κ3) is 4.62. The molecule has 9 heteroatoms. The molecule has 3 rings (SSSR count). The van der Waals surface area contributed by atoms with Gasteiger partial charge >= 0.3 is 6.09 Å². The quantitative estimate of drug-likeness (QED) is 0.839. The van der Waals surface area contributed by atoms with Gasteiger partial charge in [0.2, 0.25) is 5.91 Å². The lowest BCUT2D eigenvalue weighted by molar-refractivity contribution is -0.114. The molecule has 0 aliphatic carbocycles. The second-order valence-electron chi connectivity index (χ2n) is 5.97. The van der Waals surface area contributed by atoms with E-state index >= 15 is 0 Å². The molecule has 0 radical (unpaired) electrons. The Balaban J connectivity index is 1.66. The molecule has 2 aromatic rings. The number of amides is 3. The Morgan fingerprint density at radius 2 is 1.96 bits per heavy atom. The van der Waals surface area contributed by atoms with Crippen molar-refractivity contribution in [3.05, 3.63) is 40.4 Å². The highest BCUT2D eigenvalue weighted by molar-refractivity contribution is 7.15. The fourth-order valence-corrected chi connectivity index (χ4v) is 3.77. The van der Waals surface area contributed by atoms with E-state index in [9.17, 15) is 14.4 Å². The fourth-order valence-electron chi connectivity index (χ4n) is 2.76. The van der Waals surface area contributed by atoms with E-state index in [1.165, 1.54) is 18.3 Å². The number of ether oxygens (including phenoxy) is 1. The van der Waals surface area contributed by atoms with E-state index in [2.05, 4.69) is 15.6 Å². The number of rotatable bonds is 4. The van der Waals surface area contributed by atoms with Crippen molar-refractivity contribution in [3.8, 4) is 0 Å². The monoisotopic (exact) mass is 388 g/mol. The van der Waals surface area contributed by atoms with Crippen LogP contribution >= 0.6 is 11.3 Å². The SMILES string of the molecule is CCOC(=O)Nc1nc2c(s1)CN(C(=O)c1ccc(NC(C)=O)cc1)CC2. The van der Waals surface area contributed by atoms with Gasteiger partial charge in [0.05, 0.1) is 18.8 Å². The van der Waals surface area contributed by atoms with Crippen molar-refractivity contribution in [1.82, 2.24) is 9.88 Å². The topological polar surface area (TPSA) is 101 Å². The van der Waals surface area contributed by atoms with Crippen molar-refractivity contribution in [2.24, 2.45) is 0 Å². The molecule has 2 N–H and O–H groups in total. The van der Waals surface area contributed by atoms with Gasteiger partial charge in [-0.15, -0.1) is 0 Å². The summed E-state index contributed by atoms with van der Waals surface area (Å²) in [7, 11) is 0. The second-order valence-corrected chi connectivity index (χ2v) is 7.05. The van der Waals surface area contributed by atoms with Gasteiger partial charge in [0.1, 0.15) is 0 Å². The fraction of sp³-hybridized carbons (Fsp3) is 0.333. The molecule has 0 saturated carbocycles. The Morgan fingerprint density at radius 3 is 2.63 bits per heavy atom. The molecule has 0 bridgehead atoms. The Bertz CT molecular complexity index is 863. The molecule has 1 aromatic heterocycles. The minimum Gasteiger partial charge on any atom is -0.450 e. The van der Waals surface area contributed by atoms with Crippen LogP contribution in [0.15, 0.2) is 24.3 Å². The average molecular weight is 388 g/mol. The molecular formula is C18H20N4O4S. The summed E-state index contributed by atoms with van der Waals surface area (Å²) in [5.74, 6) is -0.238. The normalized spacial score (nSPS) is 12.9. The number of nitrogens with one attached hydrogen (secondary N) is 2. The van der Waals surface area contributed by atoms with Crippen LogP contribution in [0.1, 0.15) is 34.8 Å². The first-order chi connectivity index (χ1) is 13.0. The van der Waals surface area contributed by atoms with Gasteiger partial charge in [-0.1, -0.05) is 11.3 Å². The van der Waals surface area contributed by atoms with E-state index in [4.69, 9.17) is 4.74 Å². The third-order valence-electron chi connectivity index (χ3n) is 3.96. The average Bonchev–Trinajstić information content (AvgIpc) is 3.02. The second kappa shape index (κ2) is 8.17. The van der Waals surface area contributed by atoms with Gasteiger partial charge in [0, 0.05) is 36.0 Å². The molecule has 142 valence electrons. The maximum absolute atomic E-state index is 12.7. The summed E-state index contributed by atoms with van der Waals surface area (Å²) >= 11 is 1.35. The number of aromatic nitrogens is 1. The zero-order valence-electron chi connectivity index (χ0n) is 15.1. The highest BCUT2D eigenvalue weighted by atomic mass is 32.1. The van der Waals surface area contributed by atoms with Crippen LogP contribution in [0.2, 0.25) is 0 Å². The summed E-state index contributed by atoms with van der Waals surface area (Å²) in [5.41, 5.74) is 2.11. The van der Waals surface area contributed by atoms with E-state index in [0.717, 1.165) is 10.6 Å². The summed E-state index contributed by atoms with van der Waals surface area (Å²) in [6.07, 6.45) is 0.0993. The number of carbonyl (C=O) groups is 3. The van der Waals surface area contributed by atoms with Crippen molar-refractivity contribution in [2.75, 3.05) is 23.8 Å². The summed E-state index contributed by atoms with van der Waals surface area (Å²) in [5, 5.41) is 5.76. The first-order valence-corrected chi connectivity index (χ1v) is 9.37. The van der Waals surface area contributed by atoms with E-state index in [0.29, 0.717) is 42.5 Å². The number of thiazole rings is 1. The van der Waals surface area contributed by atoms with Crippen LogP contribution < -0.4 is 10.6 Å². The molecule has 0 unspecified atom stereocenters. The summed E-state index contributed by atoms with van der Waals surface area (Å²) in [6, 6.07) is 6.81. The van der Waals surface area contributed by atoms with Crippen LogP contribution in [-0.4, -0.2) is 40.9 Å². The maximum atomic E-state index is 12.7. The molecular weight excluding hydrogens is 368 g/mol. The summed E-state index contributed by atoms with van der Waals surface area (Å²) in [4.78, 5) is 42.5. The van der Waals surface area contributed by atoms with E-state index in [1.807, 2.05) is 0 Å². The lowest BCUT2D eigenvalue weighted by Gasteiger charge is -2.26. The lowest BCUT2D eigenvalue weighted by Crippen LogP contribution is -2.35. The minimum absolute atomic E-state index is 0.0803. The smallest absolute Gasteiger partial charge is 0.413 e. The van der Waals surface area contributed by atoms with Gasteiger partial charge < -0.3 is 15.0 Å². The molecule has 0 spiro atoms. The van der Waals surface area contributed by atoms with Crippen LogP contribution in [0, 0.1) is 0 Å². The number of benzene rings is 1. The first kappa shape index (κ1) is 18.8. The zero-order chi connectivity index (χ0) is 19.4. The van der Waals surface area contributed by atoms with Gasteiger partial charge in [-0.3, -0.25) is 14.9 Å². The van der Waals surface area contributed by atoms with Gasteiger partial charge in [-0.05, 0) is 31.2 Å². The molecule has 27 heavy (non-hydrogen) atoms. The van der Waals surface area contributed by atoms with Crippen molar-refractivity contribution in [2.45, 2.75) is 26.8 Å². The van der Waals surface area contributed by atoms with Crippen molar-refractivity contribution < 1.29 is 19.1 Å². The molecule has 0 atom stereocenters. The lowest BCUT2D eigenvalue weighted by atomic mass is 10.1.